The summed E-state index contributed by atoms with van der Waals surface area (Å²) in [7, 11) is 0. The van der Waals surface area contributed by atoms with Crippen molar-refractivity contribution in [3.63, 3.8) is 0 Å². The van der Waals surface area contributed by atoms with Crippen LogP contribution in [-0.4, -0.2) is 27.3 Å². The van der Waals surface area contributed by atoms with Gasteiger partial charge in [0, 0.05) is 35.0 Å². The molecule has 1 aliphatic rings. The predicted molar refractivity (Wildman–Crippen MR) is 112 cm³/mol. The smallest absolute Gasteiger partial charge is 0.278 e. The van der Waals surface area contributed by atoms with Crippen LogP contribution in [0, 0.1) is 6.92 Å². The van der Waals surface area contributed by atoms with Crippen LogP contribution in [0.3, 0.4) is 0 Å². The number of hydrogen-bond donors (Lipinski definition) is 2. The number of Topliss-reactive ketones (excluding diaryl/α,β-unsaturated/α-hetero) is 2. The van der Waals surface area contributed by atoms with Gasteiger partial charge in [-0.3, -0.25) is 14.4 Å². The van der Waals surface area contributed by atoms with Gasteiger partial charge in [-0.2, -0.15) is 4.68 Å². The Morgan fingerprint density at radius 1 is 1.07 bits per heavy atom. The third kappa shape index (κ3) is 3.40. The summed E-state index contributed by atoms with van der Waals surface area (Å²) in [6.07, 6.45) is 0. The second kappa shape index (κ2) is 7.61. The van der Waals surface area contributed by atoms with Gasteiger partial charge in [0.1, 0.15) is 16.5 Å². The van der Waals surface area contributed by atoms with Crippen LogP contribution in [0.2, 0.25) is 0 Å². The Morgan fingerprint density at radius 3 is 2.30 bits per heavy atom. The highest BCUT2D eigenvalue weighted by Crippen LogP contribution is 2.27. The summed E-state index contributed by atoms with van der Waals surface area (Å²) >= 11 is 6.16. The third-order valence-corrected chi connectivity index (χ3v) is 5.19. The van der Waals surface area contributed by atoms with Gasteiger partial charge in [-0.15, -0.1) is 5.10 Å². The van der Waals surface area contributed by atoms with Gasteiger partial charge in [0.15, 0.2) is 0 Å². The van der Waals surface area contributed by atoms with Crippen molar-refractivity contribution >= 4 is 34.9 Å². The molecule has 0 unspecified atom stereocenters. The van der Waals surface area contributed by atoms with Crippen LogP contribution < -0.4 is 11.1 Å². The van der Waals surface area contributed by atoms with Crippen LogP contribution in [0.15, 0.2) is 65.3 Å². The van der Waals surface area contributed by atoms with E-state index in [1.165, 1.54) is 4.68 Å². The summed E-state index contributed by atoms with van der Waals surface area (Å²) in [5, 5.41) is 6.82. The van der Waals surface area contributed by atoms with Gasteiger partial charge in [-0.05, 0) is 24.6 Å². The molecule has 2 aromatic carbocycles. The van der Waals surface area contributed by atoms with Crippen molar-refractivity contribution in [1.82, 2.24) is 15.1 Å². The topological polar surface area (TPSA) is 107 Å². The van der Waals surface area contributed by atoms with Gasteiger partial charge in [-0.25, -0.2) is 0 Å². The van der Waals surface area contributed by atoms with E-state index in [0.29, 0.717) is 22.4 Å². The number of halogens is 1. The molecule has 150 valence electrons. The number of hydrogen-bond acceptors (Lipinski definition) is 6. The van der Waals surface area contributed by atoms with Crippen molar-refractivity contribution < 1.29 is 14.4 Å². The second-order valence-corrected chi connectivity index (χ2v) is 7.25. The highest BCUT2D eigenvalue weighted by molar-refractivity contribution is 6.49. The molecule has 0 atom stereocenters. The maximum atomic E-state index is 12.7. The number of aryl methyl sites for hydroxylation is 1. The Morgan fingerprint density at radius 2 is 1.70 bits per heavy atom. The Hall–Kier alpha value is -3.71. The first-order chi connectivity index (χ1) is 14.4. The molecule has 0 saturated carbocycles. The molecule has 0 bridgehead atoms. The summed E-state index contributed by atoms with van der Waals surface area (Å²) < 4.78 is 1.25. The molecule has 3 N–H and O–H groups in total. The normalized spacial score (nSPS) is 13.4. The molecule has 1 aromatic heterocycles. The lowest BCUT2D eigenvalue weighted by molar-refractivity contribution is 0.0942. The summed E-state index contributed by atoms with van der Waals surface area (Å²) in [5.74, 6) is -0.725. The largest absolute Gasteiger partial charge is 0.382 e. The van der Waals surface area contributed by atoms with Crippen molar-refractivity contribution in [3.8, 4) is 0 Å². The molecular formula is C22H17ClN4O3. The maximum Gasteiger partial charge on any atom is 0.278 e. The Kier molecular flexibility index (Phi) is 4.97. The molecule has 1 heterocycles. The Balaban J connectivity index is 1.50. The van der Waals surface area contributed by atoms with E-state index >= 15 is 0 Å². The van der Waals surface area contributed by atoms with Crippen LogP contribution >= 0.6 is 11.6 Å². The molecule has 0 fully saturated rings. The number of anilines is 1. The number of fused-ring (bicyclic) bond motifs is 1. The summed E-state index contributed by atoms with van der Waals surface area (Å²) in [5.41, 5.74) is 8.22. The number of ketones is 2. The molecule has 4 rings (SSSR count). The molecule has 0 radical (unpaired) electrons. The first kappa shape index (κ1) is 19.6. The number of nitrogens with one attached hydrogen (secondary N) is 1. The molecule has 7 nitrogen and oxygen atoms in total. The molecule has 0 amide bonds. The zero-order valence-electron chi connectivity index (χ0n) is 16.0. The molecule has 8 heteroatoms. The number of nitrogens with zero attached hydrogens (tertiary/aromatic N) is 2. The van der Waals surface area contributed by atoms with E-state index in [4.69, 9.17) is 17.3 Å². The maximum absolute atomic E-state index is 12.7. The third-order valence-electron chi connectivity index (χ3n) is 4.83. The fraction of sp³-hybridized carbons (Fsp3) is 0.0909. The fourth-order valence-electron chi connectivity index (χ4n) is 3.28. The van der Waals surface area contributed by atoms with E-state index in [0.717, 1.165) is 5.56 Å². The number of nitrogens with two attached hydrogens (primary N) is 1. The average Bonchev–Trinajstić information content (AvgIpc) is 3.10. The summed E-state index contributed by atoms with van der Waals surface area (Å²) in [4.78, 5) is 37.7. The highest BCUT2D eigenvalue weighted by atomic mass is 35.5. The monoisotopic (exact) mass is 420 g/mol. The number of carbonyl (C=O) groups excluding carboxylic acids is 3. The van der Waals surface area contributed by atoms with Crippen LogP contribution in [0.4, 0.5) is 5.82 Å². The van der Waals surface area contributed by atoms with E-state index in [-0.39, 0.29) is 40.6 Å². The van der Waals surface area contributed by atoms with E-state index in [9.17, 15) is 14.4 Å². The lowest BCUT2D eigenvalue weighted by atomic mass is 9.92. The van der Waals surface area contributed by atoms with E-state index in [1.54, 1.807) is 61.5 Å². The molecule has 0 spiro atoms. The number of aromatic nitrogens is 2. The fourth-order valence-corrected chi connectivity index (χ4v) is 3.54. The molecule has 0 saturated heterocycles. The van der Waals surface area contributed by atoms with Gasteiger partial charge in [0.25, 0.3) is 5.91 Å². The lowest BCUT2D eigenvalue weighted by Crippen LogP contribution is -2.28. The molecular weight excluding hydrogens is 404 g/mol. The van der Waals surface area contributed by atoms with Crippen LogP contribution in [0.1, 0.15) is 42.3 Å². The van der Waals surface area contributed by atoms with Crippen LogP contribution in [0.5, 0.6) is 0 Å². The van der Waals surface area contributed by atoms with E-state index < -0.39 is 0 Å². The summed E-state index contributed by atoms with van der Waals surface area (Å²) in [6, 6.07) is 15.0. The van der Waals surface area contributed by atoms with Gasteiger partial charge in [0.2, 0.25) is 11.6 Å². The Labute approximate surface area is 177 Å². The standard InChI is InChI=1S/C22H17ClN4O3/c1-12-10-17(24)26-27(12)22(30)14-8-6-13(7-9-14)11-25-19-18(23)20(28)15-4-2-3-5-16(15)21(19)29/h2-10,25H,11H2,1H3,(H2,24,26). The zero-order chi connectivity index (χ0) is 21.4. The number of rotatable bonds is 4. The predicted octanol–water partition coefficient (Wildman–Crippen LogP) is 3.08. The van der Waals surface area contributed by atoms with Gasteiger partial charge >= 0.3 is 0 Å². The van der Waals surface area contributed by atoms with Crippen molar-refractivity contribution in [2.75, 3.05) is 5.73 Å². The zero-order valence-corrected chi connectivity index (χ0v) is 16.7. The molecule has 1 aliphatic carbocycles. The number of carbonyl (C=O) groups is 3. The average molecular weight is 421 g/mol. The molecule has 0 aliphatic heterocycles. The molecule has 3 aromatic rings. The van der Waals surface area contributed by atoms with Gasteiger partial charge in [-0.1, -0.05) is 48.0 Å². The van der Waals surface area contributed by atoms with Gasteiger partial charge < -0.3 is 11.1 Å². The highest BCUT2D eigenvalue weighted by Gasteiger charge is 2.30. The van der Waals surface area contributed by atoms with Crippen LogP contribution in [0.25, 0.3) is 0 Å². The minimum Gasteiger partial charge on any atom is -0.382 e. The summed E-state index contributed by atoms with van der Waals surface area (Å²) in [6.45, 7) is 2.01. The van der Waals surface area contributed by atoms with Crippen molar-refractivity contribution in [1.29, 1.82) is 0 Å². The van der Waals surface area contributed by atoms with E-state index in [1.807, 2.05) is 0 Å². The number of benzene rings is 2. The van der Waals surface area contributed by atoms with E-state index in [2.05, 4.69) is 10.4 Å². The lowest BCUT2D eigenvalue weighted by Gasteiger charge is -2.19. The first-order valence-electron chi connectivity index (χ1n) is 9.14. The van der Waals surface area contributed by atoms with Crippen molar-refractivity contribution in [2.24, 2.45) is 0 Å². The van der Waals surface area contributed by atoms with Crippen molar-refractivity contribution in [3.05, 3.63) is 93.3 Å². The minimum atomic E-state index is -0.385. The molecule has 30 heavy (non-hydrogen) atoms. The first-order valence-corrected chi connectivity index (χ1v) is 9.52. The van der Waals surface area contributed by atoms with Crippen molar-refractivity contribution in [2.45, 2.75) is 13.5 Å². The minimum absolute atomic E-state index is 0.0724. The van der Waals surface area contributed by atoms with Crippen LogP contribution in [-0.2, 0) is 6.54 Å². The quantitative estimate of drug-likeness (QED) is 0.671. The SMILES string of the molecule is Cc1cc(N)nn1C(=O)c1ccc(CNC2=C(Cl)C(=O)c3ccccc3C2=O)cc1. The Bertz CT molecular complexity index is 1230. The number of allylic oxidation sites excluding steroid dienone is 2. The van der Waals surface area contributed by atoms with Gasteiger partial charge in [0.05, 0.1) is 0 Å². The number of nitrogen functional groups attached to an aromatic ring is 1. The second-order valence-electron chi connectivity index (χ2n) is 6.87.